The van der Waals surface area contributed by atoms with Crippen molar-refractivity contribution >= 4 is 43.1 Å². The highest BCUT2D eigenvalue weighted by Crippen LogP contribution is 2.54. The summed E-state index contributed by atoms with van der Waals surface area (Å²) in [4.78, 5) is 9.32. The van der Waals surface area contributed by atoms with E-state index in [0.717, 1.165) is 17.0 Å². The number of hydrogen-bond donors (Lipinski definition) is 0. The Morgan fingerprint density at radius 1 is 0.364 bits per heavy atom. The molecule has 0 unspecified atom stereocenters. The number of nitrogens with zero attached hydrogens (tertiary/aromatic N) is 2. The van der Waals surface area contributed by atoms with Crippen molar-refractivity contribution in [3.8, 4) is 55.9 Å². The molecule has 0 N–H and O–H groups in total. The molecule has 2 aromatic heterocycles. The Hall–Kier alpha value is -6.90. The Morgan fingerprint density at radius 3 is 1.53 bits per heavy atom. The Morgan fingerprint density at radius 2 is 0.909 bits per heavy atom. The van der Waals surface area contributed by atoms with Crippen LogP contribution in [-0.2, 0) is 5.41 Å². The molecule has 0 bridgehead atoms. The molecule has 55 heavy (non-hydrogen) atoms. The zero-order chi connectivity index (χ0) is 36.7. The van der Waals surface area contributed by atoms with Crippen LogP contribution in [0.2, 0.25) is 0 Å². The van der Waals surface area contributed by atoms with Gasteiger partial charge in [-0.05, 0) is 130 Å². The van der Waals surface area contributed by atoms with Crippen LogP contribution in [0.3, 0.4) is 0 Å². The molecule has 0 amide bonds. The molecule has 0 saturated carbocycles. The van der Waals surface area contributed by atoms with Gasteiger partial charge in [-0.25, -0.2) is 0 Å². The number of pyridine rings is 2. The maximum absolute atomic E-state index is 4.82. The summed E-state index contributed by atoms with van der Waals surface area (Å²) >= 11 is 0. The fraction of sp³-hybridized carbons (Fsp3) is 0.0566. The summed E-state index contributed by atoms with van der Waals surface area (Å²) < 4.78 is 0. The molecular formula is C53H36N2. The zero-order valence-electron chi connectivity index (χ0n) is 30.7. The first-order valence-electron chi connectivity index (χ1n) is 19.1. The lowest BCUT2D eigenvalue weighted by atomic mass is 9.78. The van der Waals surface area contributed by atoms with E-state index in [4.69, 9.17) is 4.98 Å². The Balaban J connectivity index is 1.20. The van der Waals surface area contributed by atoms with Gasteiger partial charge in [-0.2, -0.15) is 0 Å². The molecule has 0 saturated heterocycles. The number of benzene rings is 8. The van der Waals surface area contributed by atoms with Crippen LogP contribution in [0.1, 0.15) is 25.0 Å². The molecular weight excluding hydrogens is 665 g/mol. The lowest BCUT2D eigenvalue weighted by molar-refractivity contribution is 0.661. The SMILES string of the molecule is CC1(C)c2cc(-c3ccc(-c4ccccn4)nc3)ccc2-c2cc3c(-c4cccc5ccccc45)c4ccccc4c(-c4cccc5ccccc45)c3cc21. The first-order valence-corrected chi connectivity index (χ1v) is 19.1. The quantitative estimate of drug-likeness (QED) is 0.171. The van der Waals surface area contributed by atoms with Gasteiger partial charge in [-0.15, -0.1) is 0 Å². The van der Waals surface area contributed by atoms with Gasteiger partial charge >= 0.3 is 0 Å². The summed E-state index contributed by atoms with van der Waals surface area (Å²) in [7, 11) is 0. The molecule has 11 rings (SSSR count). The standard InChI is InChI=1S/C53H36N2/c1-53(2)47-29-35(36-25-27-50(55-32-36)49-23-9-10-28-54-49)24-26-39(47)44-30-45-46(31-48(44)53)52(41-22-12-16-34-14-4-6-18-38(34)41)43-20-8-7-19-42(43)51(45)40-21-11-15-33-13-3-5-17-37(33)40/h3-32H,1-2H3. The van der Waals surface area contributed by atoms with Gasteiger partial charge in [-0.3, -0.25) is 9.97 Å². The van der Waals surface area contributed by atoms with Crippen molar-refractivity contribution in [1.29, 1.82) is 0 Å². The third-order valence-electron chi connectivity index (χ3n) is 12.0. The smallest absolute Gasteiger partial charge is 0.0886 e. The normalized spacial score (nSPS) is 13.1. The van der Waals surface area contributed by atoms with Crippen LogP contribution < -0.4 is 0 Å². The van der Waals surface area contributed by atoms with E-state index in [9.17, 15) is 0 Å². The van der Waals surface area contributed by atoms with Crippen LogP contribution in [0.5, 0.6) is 0 Å². The molecule has 2 nitrogen and oxygen atoms in total. The summed E-state index contributed by atoms with van der Waals surface area (Å²) in [5.74, 6) is 0. The molecule has 0 atom stereocenters. The molecule has 2 heterocycles. The van der Waals surface area contributed by atoms with Gasteiger partial charge in [0.25, 0.3) is 0 Å². The molecule has 8 aromatic carbocycles. The highest BCUT2D eigenvalue weighted by Gasteiger charge is 2.37. The Labute approximate surface area is 320 Å². The predicted molar refractivity (Wildman–Crippen MR) is 231 cm³/mol. The minimum Gasteiger partial charge on any atom is -0.255 e. The van der Waals surface area contributed by atoms with E-state index in [-0.39, 0.29) is 5.41 Å². The number of rotatable bonds is 4. The maximum atomic E-state index is 4.82. The number of hydrogen-bond acceptors (Lipinski definition) is 2. The second-order valence-corrected chi connectivity index (χ2v) is 15.3. The van der Waals surface area contributed by atoms with Gasteiger partial charge in [0.15, 0.2) is 0 Å². The molecule has 0 fully saturated rings. The van der Waals surface area contributed by atoms with E-state index in [0.29, 0.717) is 0 Å². The molecule has 0 aliphatic heterocycles. The summed E-state index contributed by atoms with van der Waals surface area (Å²) in [6.07, 6.45) is 3.79. The fourth-order valence-electron chi connectivity index (χ4n) is 9.28. The Kier molecular flexibility index (Phi) is 6.93. The number of aromatic nitrogens is 2. The lowest BCUT2D eigenvalue weighted by Gasteiger charge is -2.24. The summed E-state index contributed by atoms with van der Waals surface area (Å²) in [6.45, 7) is 4.78. The highest BCUT2D eigenvalue weighted by molar-refractivity contribution is 6.26. The maximum Gasteiger partial charge on any atom is 0.0886 e. The summed E-state index contributed by atoms with van der Waals surface area (Å²) in [5, 5.41) is 10.1. The minimum atomic E-state index is -0.225. The Bertz CT molecular complexity index is 3150. The molecule has 1 aliphatic carbocycles. The van der Waals surface area contributed by atoms with Crippen LogP contribution >= 0.6 is 0 Å². The lowest BCUT2D eigenvalue weighted by Crippen LogP contribution is -2.15. The monoisotopic (exact) mass is 700 g/mol. The van der Waals surface area contributed by atoms with Crippen molar-refractivity contribution in [3.63, 3.8) is 0 Å². The predicted octanol–water partition coefficient (Wildman–Crippen LogP) is 14.1. The van der Waals surface area contributed by atoms with Crippen molar-refractivity contribution in [2.75, 3.05) is 0 Å². The molecule has 0 spiro atoms. The van der Waals surface area contributed by atoms with Gasteiger partial charge in [0, 0.05) is 23.4 Å². The highest BCUT2D eigenvalue weighted by atomic mass is 14.8. The van der Waals surface area contributed by atoms with E-state index in [1.807, 2.05) is 30.6 Å². The number of fused-ring (bicyclic) bond motifs is 7. The third kappa shape index (κ3) is 4.81. The average molecular weight is 701 g/mol. The van der Waals surface area contributed by atoms with E-state index in [1.165, 1.54) is 93.2 Å². The summed E-state index contributed by atoms with van der Waals surface area (Å²) in [6, 6.07) is 62.4. The van der Waals surface area contributed by atoms with E-state index >= 15 is 0 Å². The van der Waals surface area contributed by atoms with Gasteiger partial charge in [0.1, 0.15) is 0 Å². The van der Waals surface area contributed by atoms with Gasteiger partial charge < -0.3 is 0 Å². The van der Waals surface area contributed by atoms with Crippen molar-refractivity contribution in [1.82, 2.24) is 9.97 Å². The molecule has 10 aromatic rings. The third-order valence-corrected chi connectivity index (χ3v) is 12.0. The van der Waals surface area contributed by atoms with Gasteiger partial charge in [-0.1, -0.05) is 147 Å². The molecule has 1 aliphatic rings. The fourth-order valence-corrected chi connectivity index (χ4v) is 9.28. The summed E-state index contributed by atoms with van der Waals surface area (Å²) in [5.41, 5.74) is 14.2. The molecule has 2 heteroatoms. The largest absolute Gasteiger partial charge is 0.255 e. The van der Waals surface area contributed by atoms with Crippen LogP contribution in [0.15, 0.2) is 182 Å². The average Bonchev–Trinajstić information content (AvgIpc) is 3.46. The van der Waals surface area contributed by atoms with E-state index in [1.54, 1.807) is 0 Å². The minimum absolute atomic E-state index is 0.225. The van der Waals surface area contributed by atoms with Gasteiger partial charge in [0.05, 0.1) is 11.4 Å². The van der Waals surface area contributed by atoms with Crippen molar-refractivity contribution in [2.45, 2.75) is 19.3 Å². The van der Waals surface area contributed by atoms with E-state index < -0.39 is 0 Å². The van der Waals surface area contributed by atoms with Crippen LogP contribution in [0.25, 0.3) is 99.0 Å². The molecule has 0 radical (unpaired) electrons. The first kappa shape index (κ1) is 31.6. The second kappa shape index (κ2) is 12.1. The van der Waals surface area contributed by atoms with Crippen molar-refractivity contribution in [2.24, 2.45) is 0 Å². The van der Waals surface area contributed by atoms with Crippen LogP contribution in [-0.4, -0.2) is 9.97 Å². The van der Waals surface area contributed by atoms with Crippen molar-refractivity contribution < 1.29 is 0 Å². The van der Waals surface area contributed by atoms with Crippen LogP contribution in [0, 0.1) is 0 Å². The van der Waals surface area contributed by atoms with E-state index in [2.05, 4.69) is 170 Å². The van der Waals surface area contributed by atoms with Crippen molar-refractivity contribution in [3.05, 3.63) is 193 Å². The van der Waals surface area contributed by atoms with Gasteiger partial charge in [0.2, 0.25) is 0 Å². The first-order chi connectivity index (χ1) is 27.0. The van der Waals surface area contributed by atoms with Crippen LogP contribution in [0.4, 0.5) is 0 Å². The topological polar surface area (TPSA) is 25.8 Å². The second-order valence-electron chi connectivity index (χ2n) is 15.3. The molecule has 258 valence electrons. The zero-order valence-corrected chi connectivity index (χ0v) is 30.7.